The van der Waals surface area contributed by atoms with Gasteiger partial charge in [0.25, 0.3) is 5.91 Å². The van der Waals surface area contributed by atoms with Crippen molar-refractivity contribution in [1.29, 1.82) is 0 Å². The van der Waals surface area contributed by atoms with Gasteiger partial charge in [-0.25, -0.2) is 9.97 Å². The SMILES string of the molecule is O=C(c1ccccn1)N1CCC(n2c(-c3cccs3)nc3cccnc32)C1. The standard InChI is InChI=1S/C20H17N5OS/c26-20(16-5-1-2-9-21-16)24-11-8-14(13-24)25-18-15(6-3-10-22-18)23-19(25)17-7-4-12-27-17/h1-7,9-10,12,14H,8,11,13H2. The second-order valence-electron chi connectivity index (χ2n) is 6.54. The molecule has 0 saturated carbocycles. The monoisotopic (exact) mass is 375 g/mol. The van der Waals surface area contributed by atoms with Gasteiger partial charge in [-0.3, -0.25) is 9.78 Å². The number of hydrogen-bond acceptors (Lipinski definition) is 5. The minimum atomic E-state index is -0.0202. The smallest absolute Gasteiger partial charge is 0.272 e. The molecule has 1 aliphatic heterocycles. The Labute approximate surface area is 160 Å². The van der Waals surface area contributed by atoms with Gasteiger partial charge < -0.3 is 9.47 Å². The molecule has 0 radical (unpaired) electrons. The summed E-state index contributed by atoms with van der Waals surface area (Å²) in [5.74, 6) is 0.906. The van der Waals surface area contributed by atoms with E-state index in [1.165, 1.54) is 0 Å². The summed E-state index contributed by atoms with van der Waals surface area (Å²) in [6.07, 6.45) is 4.33. The minimum absolute atomic E-state index is 0.0202. The van der Waals surface area contributed by atoms with Gasteiger partial charge in [-0.15, -0.1) is 11.3 Å². The first-order valence-corrected chi connectivity index (χ1v) is 9.76. The summed E-state index contributed by atoms with van der Waals surface area (Å²) in [6, 6.07) is 13.6. The number of aromatic nitrogens is 4. The van der Waals surface area contributed by atoms with Crippen LogP contribution < -0.4 is 0 Å². The molecule has 7 heteroatoms. The number of amides is 1. The molecule has 0 bridgehead atoms. The number of rotatable bonds is 3. The summed E-state index contributed by atoms with van der Waals surface area (Å²) < 4.78 is 2.20. The van der Waals surface area contributed by atoms with E-state index in [0.717, 1.165) is 28.3 Å². The van der Waals surface area contributed by atoms with E-state index < -0.39 is 0 Å². The second-order valence-corrected chi connectivity index (χ2v) is 7.49. The van der Waals surface area contributed by atoms with Crippen LogP contribution in [-0.4, -0.2) is 43.4 Å². The molecule has 5 heterocycles. The highest BCUT2D eigenvalue weighted by Crippen LogP contribution is 2.34. The van der Waals surface area contributed by atoms with Gasteiger partial charge in [0, 0.05) is 25.5 Å². The zero-order valence-corrected chi connectivity index (χ0v) is 15.3. The number of imidazole rings is 1. The van der Waals surface area contributed by atoms with Crippen molar-refractivity contribution in [2.75, 3.05) is 13.1 Å². The fourth-order valence-corrected chi connectivity index (χ4v) is 4.35. The van der Waals surface area contributed by atoms with Gasteiger partial charge in [-0.1, -0.05) is 12.1 Å². The number of carbonyl (C=O) groups excluding carboxylic acids is 1. The highest BCUT2D eigenvalue weighted by atomic mass is 32.1. The van der Waals surface area contributed by atoms with Gasteiger partial charge in [0.05, 0.1) is 10.9 Å². The Morgan fingerprint density at radius 3 is 2.81 bits per heavy atom. The van der Waals surface area contributed by atoms with Gasteiger partial charge in [-0.05, 0) is 42.1 Å². The Hall–Kier alpha value is -3.06. The van der Waals surface area contributed by atoms with Crippen LogP contribution in [0.1, 0.15) is 23.0 Å². The Bertz CT molecular complexity index is 1090. The lowest BCUT2D eigenvalue weighted by Gasteiger charge is -2.18. The van der Waals surface area contributed by atoms with Crippen molar-refractivity contribution in [3.8, 4) is 10.7 Å². The van der Waals surface area contributed by atoms with E-state index >= 15 is 0 Å². The molecular formula is C20H17N5OS. The maximum Gasteiger partial charge on any atom is 0.272 e. The zero-order valence-electron chi connectivity index (χ0n) is 14.5. The highest BCUT2D eigenvalue weighted by molar-refractivity contribution is 7.13. The van der Waals surface area contributed by atoms with Crippen LogP contribution in [0.15, 0.2) is 60.2 Å². The first-order valence-electron chi connectivity index (χ1n) is 8.88. The van der Waals surface area contributed by atoms with Gasteiger partial charge >= 0.3 is 0 Å². The Morgan fingerprint density at radius 1 is 1.07 bits per heavy atom. The molecule has 134 valence electrons. The van der Waals surface area contributed by atoms with E-state index in [2.05, 4.69) is 26.0 Å². The van der Waals surface area contributed by atoms with Crippen LogP contribution in [-0.2, 0) is 0 Å². The summed E-state index contributed by atoms with van der Waals surface area (Å²) in [5, 5.41) is 2.05. The summed E-state index contributed by atoms with van der Waals surface area (Å²) in [7, 11) is 0. The molecule has 1 fully saturated rings. The van der Waals surface area contributed by atoms with Crippen LogP contribution >= 0.6 is 11.3 Å². The van der Waals surface area contributed by atoms with Gasteiger partial charge in [-0.2, -0.15) is 0 Å². The van der Waals surface area contributed by atoms with Crippen LogP contribution in [0.2, 0.25) is 0 Å². The highest BCUT2D eigenvalue weighted by Gasteiger charge is 2.31. The van der Waals surface area contributed by atoms with Gasteiger partial charge in [0.2, 0.25) is 0 Å². The van der Waals surface area contributed by atoms with E-state index in [1.54, 1.807) is 29.8 Å². The molecule has 0 spiro atoms. The largest absolute Gasteiger partial charge is 0.335 e. The third-order valence-corrected chi connectivity index (χ3v) is 5.76. The maximum atomic E-state index is 12.8. The molecule has 0 aromatic carbocycles. The van der Waals surface area contributed by atoms with Crippen molar-refractivity contribution in [3.63, 3.8) is 0 Å². The average Bonchev–Trinajstić information content (AvgIpc) is 3.46. The Kier molecular flexibility index (Phi) is 3.94. The quantitative estimate of drug-likeness (QED) is 0.548. The molecule has 1 unspecified atom stereocenters. The molecule has 4 aromatic heterocycles. The normalized spacial score (nSPS) is 16.9. The molecule has 1 amide bonds. The fraction of sp³-hybridized carbons (Fsp3) is 0.200. The van der Waals surface area contributed by atoms with Crippen molar-refractivity contribution >= 4 is 28.4 Å². The maximum absolute atomic E-state index is 12.8. The van der Waals surface area contributed by atoms with Gasteiger partial charge in [0.15, 0.2) is 11.5 Å². The van der Waals surface area contributed by atoms with E-state index in [4.69, 9.17) is 4.98 Å². The topological polar surface area (TPSA) is 63.9 Å². The lowest BCUT2D eigenvalue weighted by atomic mass is 10.2. The fourth-order valence-electron chi connectivity index (χ4n) is 3.64. The molecule has 0 N–H and O–H groups in total. The third-order valence-electron chi connectivity index (χ3n) is 4.89. The summed E-state index contributed by atoms with van der Waals surface area (Å²) in [6.45, 7) is 1.34. The number of fused-ring (bicyclic) bond motifs is 1. The van der Waals surface area contributed by atoms with Crippen molar-refractivity contribution < 1.29 is 4.79 Å². The molecule has 0 aliphatic carbocycles. The van der Waals surface area contributed by atoms with Gasteiger partial charge in [0.1, 0.15) is 11.2 Å². The third kappa shape index (κ3) is 2.80. The summed E-state index contributed by atoms with van der Waals surface area (Å²) >= 11 is 1.67. The van der Waals surface area contributed by atoms with Crippen LogP contribution in [0, 0.1) is 0 Å². The van der Waals surface area contributed by atoms with Crippen LogP contribution in [0.3, 0.4) is 0 Å². The molecule has 6 nitrogen and oxygen atoms in total. The molecular weight excluding hydrogens is 358 g/mol. The second kappa shape index (κ2) is 6.59. The molecule has 4 aromatic rings. The van der Waals surface area contributed by atoms with Crippen molar-refractivity contribution in [1.82, 2.24) is 24.4 Å². The lowest BCUT2D eigenvalue weighted by molar-refractivity contribution is 0.0782. The average molecular weight is 375 g/mol. The molecule has 27 heavy (non-hydrogen) atoms. The van der Waals surface area contributed by atoms with Crippen LogP contribution in [0.4, 0.5) is 0 Å². The van der Waals surface area contributed by atoms with E-state index in [9.17, 15) is 4.79 Å². The summed E-state index contributed by atoms with van der Waals surface area (Å²) in [5.41, 5.74) is 2.25. The number of nitrogens with zero attached hydrogens (tertiary/aromatic N) is 5. The van der Waals surface area contributed by atoms with Crippen molar-refractivity contribution in [2.45, 2.75) is 12.5 Å². The minimum Gasteiger partial charge on any atom is -0.335 e. The van der Waals surface area contributed by atoms with Crippen LogP contribution in [0.5, 0.6) is 0 Å². The Morgan fingerprint density at radius 2 is 2.00 bits per heavy atom. The molecule has 1 atom stereocenters. The number of hydrogen-bond donors (Lipinski definition) is 0. The number of likely N-dealkylation sites (tertiary alicyclic amines) is 1. The van der Waals surface area contributed by atoms with E-state index in [-0.39, 0.29) is 11.9 Å². The molecule has 1 saturated heterocycles. The molecule has 1 aliphatic rings. The zero-order chi connectivity index (χ0) is 18.2. The van der Waals surface area contributed by atoms with Crippen molar-refractivity contribution in [3.05, 3.63) is 65.9 Å². The van der Waals surface area contributed by atoms with E-state index in [0.29, 0.717) is 18.8 Å². The molecule has 5 rings (SSSR count). The Balaban J connectivity index is 1.51. The number of pyridine rings is 2. The first-order chi connectivity index (χ1) is 13.3. The number of thiophene rings is 1. The number of carbonyl (C=O) groups is 1. The van der Waals surface area contributed by atoms with Crippen molar-refractivity contribution in [2.24, 2.45) is 0 Å². The predicted molar refractivity (Wildman–Crippen MR) is 105 cm³/mol. The van der Waals surface area contributed by atoms with Crippen LogP contribution in [0.25, 0.3) is 21.9 Å². The predicted octanol–water partition coefficient (Wildman–Crippen LogP) is 3.64. The lowest BCUT2D eigenvalue weighted by Crippen LogP contribution is -2.29. The first kappa shape index (κ1) is 16.1. The summed E-state index contributed by atoms with van der Waals surface area (Å²) in [4.78, 5) is 29.3. The van der Waals surface area contributed by atoms with E-state index in [1.807, 2.05) is 35.2 Å².